The molecule has 0 aromatic carbocycles. The molecular weight excluding hydrogens is 271 g/mol. The Kier molecular flexibility index (Phi) is 4.28. The minimum Gasteiger partial charge on any atom is -0.338 e. The van der Waals surface area contributed by atoms with Gasteiger partial charge in [0, 0.05) is 31.9 Å². The summed E-state index contributed by atoms with van der Waals surface area (Å²) in [6, 6.07) is 0. The quantitative estimate of drug-likeness (QED) is 0.835. The summed E-state index contributed by atoms with van der Waals surface area (Å²) in [5.41, 5.74) is 0. The van der Waals surface area contributed by atoms with E-state index < -0.39 is 6.67 Å². The van der Waals surface area contributed by atoms with E-state index in [-0.39, 0.29) is 6.54 Å². The summed E-state index contributed by atoms with van der Waals surface area (Å²) in [6.45, 7) is 2.61. The van der Waals surface area contributed by atoms with E-state index in [2.05, 4.69) is 24.5 Å². The third kappa shape index (κ3) is 3.12. The molecule has 0 amide bonds. The molecule has 0 radical (unpaired) electrons. The lowest BCUT2D eigenvalue weighted by molar-refractivity contribution is 0.187. The van der Waals surface area contributed by atoms with E-state index in [1.165, 1.54) is 12.7 Å². The summed E-state index contributed by atoms with van der Waals surface area (Å²) >= 11 is 0. The molecule has 114 valence electrons. The van der Waals surface area contributed by atoms with Crippen LogP contribution in [-0.2, 0) is 20.1 Å². The van der Waals surface area contributed by atoms with Gasteiger partial charge in [-0.05, 0) is 19.4 Å². The number of piperidine rings is 1. The average molecular weight is 292 g/mol. The fraction of sp³-hybridized carbons (Fsp3) is 0.643. The van der Waals surface area contributed by atoms with E-state index >= 15 is 0 Å². The number of hydrogen-bond acceptors (Lipinski definition) is 4. The van der Waals surface area contributed by atoms with Crippen molar-refractivity contribution in [1.82, 2.24) is 29.2 Å². The Labute approximate surface area is 123 Å². The van der Waals surface area contributed by atoms with Gasteiger partial charge >= 0.3 is 0 Å². The maximum Gasteiger partial charge on any atom is 0.141 e. The molecule has 1 fully saturated rings. The molecule has 0 unspecified atom stereocenters. The molecule has 0 spiro atoms. The molecule has 1 atom stereocenters. The van der Waals surface area contributed by atoms with E-state index in [1.54, 1.807) is 4.68 Å². The fourth-order valence-corrected chi connectivity index (χ4v) is 3.06. The van der Waals surface area contributed by atoms with Gasteiger partial charge < -0.3 is 4.57 Å². The highest BCUT2D eigenvalue weighted by molar-refractivity contribution is 5.03. The highest BCUT2D eigenvalue weighted by Gasteiger charge is 2.25. The number of aryl methyl sites for hydroxylation is 2. The zero-order valence-corrected chi connectivity index (χ0v) is 12.3. The lowest BCUT2D eigenvalue weighted by Crippen LogP contribution is -2.35. The third-order valence-corrected chi connectivity index (χ3v) is 4.09. The Hall–Kier alpha value is -1.76. The van der Waals surface area contributed by atoms with Crippen LogP contribution in [-0.4, -0.2) is 49.0 Å². The fourth-order valence-electron chi connectivity index (χ4n) is 3.06. The van der Waals surface area contributed by atoms with Gasteiger partial charge in [-0.25, -0.2) is 19.0 Å². The lowest BCUT2D eigenvalue weighted by Gasteiger charge is -2.32. The largest absolute Gasteiger partial charge is 0.338 e. The van der Waals surface area contributed by atoms with Crippen LogP contribution in [0.2, 0.25) is 0 Å². The Morgan fingerprint density at radius 3 is 3.05 bits per heavy atom. The Morgan fingerprint density at radius 2 is 2.29 bits per heavy atom. The van der Waals surface area contributed by atoms with Crippen molar-refractivity contribution in [2.45, 2.75) is 31.8 Å². The summed E-state index contributed by atoms with van der Waals surface area (Å²) in [5, 5.41) is 4.08. The van der Waals surface area contributed by atoms with Gasteiger partial charge in [0.05, 0.1) is 13.1 Å². The lowest BCUT2D eigenvalue weighted by atomic mass is 9.97. The van der Waals surface area contributed by atoms with Crippen LogP contribution in [0.4, 0.5) is 4.39 Å². The minimum atomic E-state index is -0.410. The zero-order valence-electron chi connectivity index (χ0n) is 12.3. The van der Waals surface area contributed by atoms with Crippen molar-refractivity contribution in [3.8, 4) is 0 Å². The van der Waals surface area contributed by atoms with E-state index in [0.717, 1.165) is 37.7 Å². The Balaban J connectivity index is 1.66. The summed E-state index contributed by atoms with van der Waals surface area (Å²) < 4.78 is 16.2. The van der Waals surface area contributed by atoms with Crippen molar-refractivity contribution in [2.24, 2.45) is 7.05 Å². The molecule has 1 saturated heterocycles. The average Bonchev–Trinajstić information content (AvgIpc) is 3.09. The molecule has 1 aliphatic rings. The van der Waals surface area contributed by atoms with Gasteiger partial charge in [0.25, 0.3) is 0 Å². The van der Waals surface area contributed by atoms with Crippen molar-refractivity contribution in [2.75, 3.05) is 19.8 Å². The SMILES string of the molecule is Cn1ccnc1[C@H]1CCCN(Cc2ncnn2CCF)C1. The van der Waals surface area contributed by atoms with Gasteiger partial charge in [-0.15, -0.1) is 0 Å². The van der Waals surface area contributed by atoms with Gasteiger partial charge in [-0.1, -0.05) is 0 Å². The number of halogens is 1. The Bertz CT molecular complexity index is 578. The topological polar surface area (TPSA) is 51.8 Å². The van der Waals surface area contributed by atoms with Crippen LogP contribution < -0.4 is 0 Å². The molecule has 0 saturated carbocycles. The molecule has 2 aromatic heterocycles. The van der Waals surface area contributed by atoms with Crippen molar-refractivity contribution >= 4 is 0 Å². The first-order valence-corrected chi connectivity index (χ1v) is 7.40. The minimum absolute atomic E-state index is 0.284. The predicted octanol–water partition coefficient (Wildman–Crippen LogP) is 1.36. The summed E-state index contributed by atoms with van der Waals surface area (Å²) in [7, 11) is 2.04. The number of hydrogen-bond donors (Lipinski definition) is 0. The van der Waals surface area contributed by atoms with Crippen LogP contribution in [0.3, 0.4) is 0 Å². The maximum atomic E-state index is 12.5. The van der Waals surface area contributed by atoms with Crippen molar-refractivity contribution < 1.29 is 4.39 Å². The molecule has 21 heavy (non-hydrogen) atoms. The van der Waals surface area contributed by atoms with Crippen molar-refractivity contribution in [3.63, 3.8) is 0 Å². The second-order valence-corrected chi connectivity index (χ2v) is 5.56. The molecule has 1 aliphatic heterocycles. The normalized spacial score (nSPS) is 20.0. The van der Waals surface area contributed by atoms with Crippen LogP contribution in [0, 0.1) is 0 Å². The molecular formula is C14H21FN6. The highest BCUT2D eigenvalue weighted by Crippen LogP contribution is 2.26. The number of alkyl halides is 1. The number of nitrogens with zero attached hydrogens (tertiary/aromatic N) is 6. The molecule has 6 nitrogen and oxygen atoms in total. The molecule has 3 heterocycles. The first-order valence-electron chi connectivity index (χ1n) is 7.40. The molecule has 3 rings (SSSR count). The van der Waals surface area contributed by atoms with Gasteiger partial charge in [0.2, 0.25) is 0 Å². The monoisotopic (exact) mass is 292 g/mol. The molecule has 0 aliphatic carbocycles. The van der Waals surface area contributed by atoms with Crippen molar-refractivity contribution in [1.29, 1.82) is 0 Å². The molecule has 2 aromatic rings. The van der Waals surface area contributed by atoms with Crippen LogP contribution in [0.25, 0.3) is 0 Å². The highest BCUT2D eigenvalue weighted by atomic mass is 19.1. The second kappa shape index (κ2) is 6.34. The van der Waals surface area contributed by atoms with E-state index in [0.29, 0.717) is 5.92 Å². The van der Waals surface area contributed by atoms with Gasteiger partial charge in [0.15, 0.2) is 0 Å². The van der Waals surface area contributed by atoms with Gasteiger partial charge in [-0.2, -0.15) is 5.10 Å². The summed E-state index contributed by atoms with van der Waals surface area (Å²) in [6.07, 6.45) is 7.66. The number of aromatic nitrogens is 5. The molecule has 0 bridgehead atoms. The molecule has 7 heteroatoms. The smallest absolute Gasteiger partial charge is 0.141 e. The Morgan fingerprint density at radius 1 is 1.38 bits per heavy atom. The first-order chi connectivity index (χ1) is 10.3. The zero-order chi connectivity index (χ0) is 14.7. The van der Waals surface area contributed by atoms with E-state index in [1.807, 2.05) is 19.4 Å². The standard InChI is InChI=1S/C14H21FN6/c1-19-8-5-16-14(19)12-3-2-6-20(9-12)10-13-17-11-18-21(13)7-4-15/h5,8,11-12H,2-4,6-7,9-10H2,1H3/t12-/m0/s1. The van der Waals surface area contributed by atoms with E-state index in [9.17, 15) is 4.39 Å². The van der Waals surface area contributed by atoms with E-state index in [4.69, 9.17) is 0 Å². The third-order valence-electron chi connectivity index (χ3n) is 4.09. The summed E-state index contributed by atoms with van der Waals surface area (Å²) in [4.78, 5) is 11.1. The number of rotatable bonds is 5. The second-order valence-electron chi connectivity index (χ2n) is 5.56. The molecule has 0 N–H and O–H groups in total. The predicted molar refractivity (Wildman–Crippen MR) is 76.5 cm³/mol. The van der Waals surface area contributed by atoms with Crippen LogP contribution >= 0.6 is 0 Å². The van der Waals surface area contributed by atoms with Gasteiger partial charge in [0.1, 0.15) is 24.7 Å². The first kappa shape index (κ1) is 14.2. The van der Waals surface area contributed by atoms with Crippen LogP contribution in [0.15, 0.2) is 18.7 Å². The number of likely N-dealkylation sites (tertiary alicyclic amines) is 1. The van der Waals surface area contributed by atoms with Gasteiger partial charge in [-0.3, -0.25) is 4.90 Å². The van der Waals surface area contributed by atoms with Crippen LogP contribution in [0.5, 0.6) is 0 Å². The maximum absolute atomic E-state index is 12.5. The van der Waals surface area contributed by atoms with Crippen LogP contribution in [0.1, 0.15) is 30.4 Å². The van der Waals surface area contributed by atoms with Crippen molar-refractivity contribution in [3.05, 3.63) is 30.4 Å². The summed E-state index contributed by atoms with van der Waals surface area (Å²) in [5.74, 6) is 2.44. The number of imidazole rings is 1.